The number of thiophene rings is 1. The van der Waals surface area contributed by atoms with E-state index in [4.69, 9.17) is 15.0 Å². The molecule has 0 N–H and O–H groups in total. The van der Waals surface area contributed by atoms with Gasteiger partial charge >= 0.3 is 0 Å². The molecule has 1 atom stereocenters. The highest BCUT2D eigenvalue weighted by molar-refractivity contribution is 7.25. The molecular formula is C47H31N3S2. The molecule has 246 valence electrons. The lowest BCUT2D eigenvalue weighted by atomic mass is 9.89. The Balaban J connectivity index is 1.01. The summed E-state index contributed by atoms with van der Waals surface area (Å²) in [6.45, 7) is 0. The second-order valence-corrected chi connectivity index (χ2v) is 15.3. The molecule has 0 fully saturated rings. The first kappa shape index (κ1) is 30.8. The number of aromatic nitrogens is 3. The van der Waals surface area contributed by atoms with Crippen LogP contribution in [0.5, 0.6) is 0 Å². The van der Waals surface area contributed by atoms with Crippen molar-refractivity contribution in [1.82, 2.24) is 15.0 Å². The molecule has 1 unspecified atom stereocenters. The minimum Gasteiger partial charge on any atom is -0.236 e. The van der Waals surface area contributed by atoms with E-state index in [1.165, 1.54) is 41.6 Å². The Kier molecular flexibility index (Phi) is 7.67. The molecule has 3 aromatic heterocycles. The molecule has 0 saturated carbocycles. The van der Waals surface area contributed by atoms with Crippen LogP contribution in [0.15, 0.2) is 170 Å². The standard InChI is InChI=1S/C47H31N3S2/c1-2-8-30(9-3-1)31-14-18-33(19-15-31)41-29-42(34-20-24-36(25-21-34)47-50-40-11-5-7-13-45(40)52-47)49-46(48-41)35-22-16-32(17-23-35)37-26-27-44-39(28-37)38-10-4-6-12-43(38)51-44/h1-14,16-29,31H,15H2. The molecule has 0 bridgehead atoms. The summed E-state index contributed by atoms with van der Waals surface area (Å²) in [4.78, 5) is 15.2. The van der Waals surface area contributed by atoms with Crippen molar-refractivity contribution in [3.8, 4) is 44.3 Å². The molecule has 0 radical (unpaired) electrons. The lowest BCUT2D eigenvalue weighted by Gasteiger charge is -2.17. The largest absolute Gasteiger partial charge is 0.236 e. The predicted molar refractivity (Wildman–Crippen MR) is 221 cm³/mol. The second-order valence-electron chi connectivity index (χ2n) is 13.2. The monoisotopic (exact) mass is 701 g/mol. The lowest BCUT2D eigenvalue weighted by molar-refractivity contribution is 0.855. The topological polar surface area (TPSA) is 38.7 Å². The fourth-order valence-corrected chi connectivity index (χ4v) is 9.18. The van der Waals surface area contributed by atoms with Gasteiger partial charge in [-0.2, -0.15) is 0 Å². The summed E-state index contributed by atoms with van der Waals surface area (Å²) in [5.74, 6) is 1.08. The zero-order valence-electron chi connectivity index (χ0n) is 28.1. The first-order chi connectivity index (χ1) is 25.7. The molecule has 3 nitrogen and oxygen atoms in total. The van der Waals surface area contributed by atoms with Gasteiger partial charge in [-0.25, -0.2) is 15.0 Å². The molecule has 0 spiro atoms. The molecule has 6 aromatic carbocycles. The number of nitrogens with zero attached hydrogens (tertiary/aromatic N) is 3. The van der Waals surface area contributed by atoms with E-state index in [0.717, 1.165) is 50.6 Å². The van der Waals surface area contributed by atoms with Crippen molar-refractivity contribution in [1.29, 1.82) is 0 Å². The molecule has 52 heavy (non-hydrogen) atoms. The van der Waals surface area contributed by atoms with Gasteiger partial charge in [-0.05, 0) is 65.1 Å². The number of allylic oxidation sites excluding steroid dienone is 4. The van der Waals surface area contributed by atoms with E-state index in [2.05, 4.69) is 164 Å². The van der Waals surface area contributed by atoms with Gasteiger partial charge in [0.1, 0.15) is 5.01 Å². The fourth-order valence-electron chi connectivity index (χ4n) is 7.13. The van der Waals surface area contributed by atoms with Crippen molar-refractivity contribution in [2.45, 2.75) is 12.3 Å². The van der Waals surface area contributed by atoms with E-state index in [0.29, 0.717) is 11.7 Å². The van der Waals surface area contributed by atoms with Crippen LogP contribution in [0.4, 0.5) is 0 Å². The minimum atomic E-state index is 0.361. The Labute approximate surface area is 310 Å². The minimum absolute atomic E-state index is 0.361. The molecule has 5 heteroatoms. The highest BCUT2D eigenvalue weighted by atomic mass is 32.1. The van der Waals surface area contributed by atoms with E-state index in [1.807, 2.05) is 17.4 Å². The first-order valence-electron chi connectivity index (χ1n) is 17.5. The van der Waals surface area contributed by atoms with Crippen LogP contribution in [0.25, 0.3) is 80.3 Å². The van der Waals surface area contributed by atoms with E-state index in [-0.39, 0.29) is 0 Å². The smallest absolute Gasteiger partial charge is 0.160 e. The maximum atomic E-state index is 5.17. The van der Waals surface area contributed by atoms with Crippen molar-refractivity contribution in [3.05, 3.63) is 181 Å². The van der Waals surface area contributed by atoms with Crippen molar-refractivity contribution >= 4 is 58.6 Å². The van der Waals surface area contributed by atoms with Crippen LogP contribution in [0.3, 0.4) is 0 Å². The summed E-state index contributed by atoms with van der Waals surface area (Å²) in [7, 11) is 0. The highest BCUT2D eigenvalue weighted by Crippen LogP contribution is 2.38. The summed E-state index contributed by atoms with van der Waals surface area (Å²) >= 11 is 3.57. The SMILES string of the molecule is C1=CC(c2ccccc2)CC=C1c1cc(-c2ccc(-c3nc4ccccc4s3)cc2)nc(-c2ccc(-c3ccc4sc5ccccc5c4c3)cc2)n1. The van der Waals surface area contributed by atoms with Gasteiger partial charge in [0.15, 0.2) is 5.82 Å². The van der Waals surface area contributed by atoms with Crippen LogP contribution in [0.1, 0.15) is 23.6 Å². The fraction of sp³-hybridized carbons (Fsp3) is 0.0426. The summed E-state index contributed by atoms with van der Waals surface area (Å²) in [6, 6.07) is 53.9. The second kappa shape index (κ2) is 13.0. The highest BCUT2D eigenvalue weighted by Gasteiger charge is 2.17. The average Bonchev–Trinajstić information content (AvgIpc) is 3.83. The van der Waals surface area contributed by atoms with E-state index in [9.17, 15) is 0 Å². The molecule has 0 saturated heterocycles. The molecule has 9 aromatic rings. The van der Waals surface area contributed by atoms with Gasteiger partial charge in [0.2, 0.25) is 0 Å². The number of fused-ring (bicyclic) bond motifs is 4. The Morgan fingerprint density at radius 2 is 1.15 bits per heavy atom. The third-order valence-electron chi connectivity index (χ3n) is 9.92. The van der Waals surface area contributed by atoms with Crippen molar-refractivity contribution < 1.29 is 0 Å². The number of para-hydroxylation sites is 1. The van der Waals surface area contributed by atoms with E-state index >= 15 is 0 Å². The van der Waals surface area contributed by atoms with Gasteiger partial charge in [-0.15, -0.1) is 22.7 Å². The Morgan fingerprint density at radius 1 is 0.481 bits per heavy atom. The zero-order chi connectivity index (χ0) is 34.4. The van der Waals surface area contributed by atoms with E-state index < -0.39 is 0 Å². The first-order valence-corrected chi connectivity index (χ1v) is 19.2. The average molecular weight is 702 g/mol. The third-order valence-corrected chi connectivity index (χ3v) is 12.2. The van der Waals surface area contributed by atoms with Gasteiger partial charge in [0.05, 0.1) is 21.6 Å². The van der Waals surface area contributed by atoms with Crippen LogP contribution in [0.2, 0.25) is 0 Å². The molecule has 1 aliphatic carbocycles. The van der Waals surface area contributed by atoms with Gasteiger partial charge in [0, 0.05) is 42.8 Å². The maximum Gasteiger partial charge on any atom is 0.160 e. The molecule has 10 rings (SSSR count). The third kappa shape index (κ3) is 5.74. The summed E-state index contributed by atoms with van der Waals surface area (Å²) < 4.78 is 3.83. The normalized spacial score (nSPS) is 14.3. The molecule has 0 amide bonds. The van der Waals surface area contributed by atoms with Crippen LogP contribution in [-0.4, -0.2) is 15.0 Å². The number of rotatable bonds is 6. The van der Waals surface area contributed by atoms with Gasteiger partial charge < -0.3 is 0 Å². The number of hydrogen-bond acceptors (Lipinski definition) is 5. The predicted octanol–water partition coefficient (Wildman–Crippen LogP) is 13.2. The lowest BCUT2D eigenvalue weighted by Crippen LogP contribution is -2.02. The Hall–Kier alpha value is -6.01. The Morgan fingerprint density at radius 3 is 1.96 bits per heavy atom. The van der Waals surface area contributed by atoms with Crippen LogP contribution in [0, 0.1) is 0 Å². The van der Waals surface area contributed by atoms with Crippen molar-refractivity contribution in [2.75, 3.05) is 0 Å². The van der Waals surface area contributed by atoms with Gasteiger partial charge in [-0.3, -0.25) is 0 Å². The van der Waals surface area contributed by atoms with Gasteiger partial charge in [0.25, 0.3) is 0 Å². The molecule has 0 aliphatic heterocycles. The maximum absolute atomic E-state index is 5.17. The summed E-state index contributed by atoms with van der Waals surface area (Å²) in [5.41, 5.74) is 10.8. The Bertz CT molecular complexity index is 2780. The quantitative estimate of drug-likeness (QED) is 0.173. The number of benzene rings is 6. The van der Waals surface area contributed by atoms with Crippen LogP contribution < -0.4 is 0 Å². The van der Waals surface area contributed by atoms with Crippen LogP contribution >= 0.6 is 22.7 Å². The number of hydrogen-bond donors (Lipinski definition) is 0. The van der Waals surface area contributed by atoms with E-state index in [1.54, 1.807) is 11.3 Å². The molecule has 3 heterocycles. The van der Waals surface area contributed by atoms with Crippen LogP contribution in [-0.2, 0) is 0 Å². The summed E-state index contributed by atoms with van der Waals surface area (Å²) in [6.07, 6.45) is 7.78. The number of thiazole rings is 1. The van der Waals surface area contributed by atoms with Gasteiger partial charge in [-0.1, -0.05) is 133 Å². The summed E-state index contributed by atoms with van der Waals surface area (Å²) in [5, 5.41) is 3.64. The van der Waals surface area contributed by atoms with Crippen molar-refractivity contribution in [2.24, 2.45) is 0 Å². The molecule has 1 aliphatic rings. The molecular weight excluding hydrogens is 671 g/mol. The zero-order valence-corrected chi connectivity index (χ0v) is 29.7. The van der Waals surface area contributed by atoms with Crippen molar-refractivity contribution in [3.63, 3.8) is 0 Å².